The van der Waals surface area contributed by atoms with Crippen LogP contribution in [0.1, 0.15) is 26.7 Å². The highest BCUT2D eigenvalue weighted by Crippen LogP contribution is 2.03. The quantitative estimate of drug-likeness (QED) is 0.180. The lowest BCUT2D eigenvalue weighted by Gasteiger charge is -2.22. The number of carbonyl (C=O) groups is 5. The number of nitrogens with two attached hydrogens (primary N) is 1. The highest BCUT2D eigenvalue weighted by molar-refractivity contribution is 7.80. The first-order chi connectivity index (χ1) is 12.5. The molecular formula is C15H26N4O7S. The minimum absolute atomic E-state index is 0.0871. The third kappa shape index (κ3) is 9.80. The van der Waals surface area contributed by atoms with E-state index in [0.29, 0.717) is 0 Å². The Kier molecular flexibility index (Phi) is 11.1. The Morgan fingerprint density at radius 3 is 2.07 bits per heavy atom. The molecule has 7 N–H and O–H groups in total. The number of hydrogen-bond acceptors (Lipinski definition) is 7. The molecular weight excluding hydrogens is 380 g/mol. The van der Waals surface area contributed by atoms with Gasteiger partial charge in [-0.05, 0) is 12.3 Å². The molecule has 3 atom stereocenters. The van der Waals surface area contributed by atoms with E-state index in [1.165, 1.54) is 0 Å². The summed E-state index contributed by atoms with van der Waals surface area (Å²) in [7, 11) is 0. The fourth-order valence-corrected chi connectivity index (χ4v) is 2.17. The van der Waals surface area contributed by atoms with Crippen LogP contribution in [0, 0.1) is 5.92 Å². The van der Waals surface area contributed by atoms with Gasteiger partial charge in [0.15, 0.2) is 0 Å². The van der Waals surface area contributed by atoms with Crippen LogP contribution in [0.15, 0.2) is 0 Å². The number of thiol groups is 1. The molecule has 0 aliphatic carbocycles. The van der Waals surface area contributed by atoms with Gasteiger partial charge in [0.05, 0.1) is 12.6 Å². The van der Waals surface area contributed by atoms with Crippen molar-refractivity contribution in [3.05, 3.63) is 0 Å². The molecule has 0 bridgehead atoms. The average molecular weight is 406 g/mol. The van der Waals surface area contributed by atoms with Crippen molar-refractivity contribution < 1.29 is 34.2 Å². The van der Waals surface area contributed by atoms with Gasteiger partial charge in [-0.25, -0.2) is 4.79 Å². The maximum atomic E-state index is 12.1. The minimum Gasteiger partial charge on any atom is -0.481 e. The zero-order chi connectivity index (χ0) is 21.1. The third-order valence-electron chi connectivity index (χ3n) is 3.49. The van der Waals surface area contributed by atoms with Crippen LogP contribution >= 0.6 is 12.6 Å². The topological polar surface area (TPSA) is 188 Å². The lowest BCUT2D eigenvalue weighted by atomic mass is 10.0. The summed E-state index contributed by atoms with van der Waals surface area (Å²) in [5.41, 5.74) is 5.50. The Hall–Kier alpha value is -2.34. The van der Waals surface area contributed by atoms with E-state index in [9.17, 15) is 24.0 Å². The van der Waals surface area contributed by atoms with E-state index >= 15 is 0 Å². The molecule has 12 heteroatoms. The van der Waals surface area contributed by atoms with Crippen molar-refractivity contribution in [1.82, 2.24) is 16.0 Å². The predicted molar refractivity (Wildman–Crippen MR) is 98.0 cm³/mol. The molecule has 3 amide bonds. The molecule has 27 heavy (non-hydrogen) atoms. The average Bonchev–Trinajstić information content (AvgIpc) is 2.58. The molecule has 0 heterocycles. The number of hydrogen-bond donors (Lipinski definition) is 7. The number of amides is 3. The van der Waals surface area contributed by atoms with E-state index in [0.717, 1.165) is 0 Å². The van der Waals surface area contributed by atoms with Gasteiger partial charge < -0.3 is 31.9 Å². The molecule has 0 aliphatic heterocycles. The van der Waals surface area contributed by atoms with Crippen molar-refractivity contribution in [1.29, 1.82) is 0 Å². The second-order valence-corrected chi connectivity index (χ2v) is 6.49. The monoisotopic (exact) mass is 406 g/mol. The smallest absolute Gasteiger partial charge is 0.326 e. The fraction of sp³-hybridized carbons (Fsp3) is 0.667. The molecule has 0 spiro atoms. The van der Waals surface area contributed by atoms with E-state index in [4.69, 9.17) is 15.9 Å². The van der Waals surface area contributed by atoms with Crippen LogP contribution in [-0.2, 0) is 24.0 Å². The van der Waals surface area contributed by atoms with Crippen molar-refractivity contribution in [2.75, 3.05) is 12.3 Å². The zero-order valence-corrected chi connectivity index (χ0v) is 16.0. The summed E-state index contributed by atoms with van der Waals surface area (Å²) in [6.45, 7) is 2.76. The molecule has 154 valence electrons. The summed E-state index contributed by atoms with van der Waals surface area (Å²) >= 11 is 3.96. The Morgan fingerprint density at radius 1 is 1.04 bits per heavy atom. The molecule has 0 rings (SSSR count). The third-order valence-corrected chi connectivity index (χ3v) is 3.86. The highest BCUT2D eigenvalue weighted by atomic mass is 32.1. The van der Waals surface area contributed by atoms with Gasteiger partial charge in [0, 0.05) is 12.2 Å². The Morgan fingerprint density at radius 2 is 1.63 bits per heavy atom. The summed E-state index contributed by atoms with van der Waals surface area (Å²) in [5, 5.41) is 24.5. The van der Waals surface area contributed by atoms with Gasteiger partial charge in [-0.15, -0.1) is 0 Å². The van der Waals surface area contributed by atoms with Gasteiger partial charge in [-0.1, -0.05) is 13.8 Å². The second kappa shape index (κ2) is 12.1. The van der Waals surface area contributed by atoms with E-state index in [2.05, 4.69) is 28.6 Å². The Labute approximate surface area is 161 Å². The molecule has 0 aromatic heterocycles. The first-order valence-electron chi connectivity index (χ1n) is 8.18. The first-order valence-corrected chi connectivity index (χ1v) is 8.81. The lowest BCUT2D eigenvalue weighted by molar-refractivity contribution is -0.143. The number of carboxylic acids is 2. The number of nitrogens with one attached hydrogen (secondary N) is 3. The Bertz CT molecular complexity index is 570. The van der Waals surface area contributed by atoms with Crippen molar-refractivity contribution in [2.45, 2.75) is 44.8 Å². The second-order valence-electron chi connectivity index (χ2n) is 6.13. The molecule has 0 aromatic carbocycles. The van der Waals surface area contributed by atoms with Gasteiger partial charge in [-0.3, -0.25) is 19.2 Å². The minimum atomic E-state index is -1.20. The molecule has 11 nitrogen and oxygen atoms in total. The van der Waals surface area contributed by atoms with Gasteiger partial charge in [-0.2, -0.15) is 12.6 Å². The molecule has 0 saturated heterocycles. The number of aliphatic carboxylic acids is 2. The summed E-state index contributed by atoms with van der Waals surface area (Å²) in [6.07, 6.45) is -0.375. The highest BCUT2D eigenvalue weighted by Gasteiger charge is 2.28. The van der Waals surface area contributed by atoms with Gasteiger partial charge in [0.2, 0.25) is 17.7 Å². The van der Waals surface area contributed by atoms with Crippen LogP contribution in [0.25, 0.3) is 0 Å². The number of carbonyl (C=O) groups excluding carboxylic acids is 3. The van der Waals surface area contributed by atoms with Crippen molar-refractivity contribution >= 4 is 42.3 Å². The molecule has 0 saturated carbocycles. The Balaban J connectivity index is 4.55. The summed E-state index contributed by atoms with van der Waals surface area (Å²) in [6, 6.07) is -3.30. The van der Waals surface area contributed by atoms with Crippen LogP contribution in [0.4, 0.5) is 0 Å². The normalized spacial score (nSPS) is 14.0. The van der Waals surface area contributed by atoms with Gasteiger partial charge >= 0.3 is 11.9 Å². The van der Waals surface area contributed by atoms with Crippen LogP contribution < -0.4 is 21.7 Å². The van der Waals surface area contributed by atoms with Crippen molar-refractivity contribution in [2.24, 2.45) is 11.7 Å². The number of rotatable bonds is 12. The van der Waals surface area contributed by atoms with Crippen LogP contribution in [0.3, 0.4) is 0 Å². The molecule has 0 aromatic rings. The lowest BCUT2D eigenvalue weighted by Crippen LogP contribution is -2.55. The SMILES string of the molecule is CC(C)C(NC(=O)C(CS)NC(=O)CNC(=O)C(N)CCC(=O)O)C(=O)O. The summed E-state index contributed by atoms with van der Waals surface area (Å²) in [5.74, 6) is -4.89. The van der Waals surface area contributed by atoms with Crippen molar-refractivity contribution in [3.63, 3.8) is 0 Å². The fourth-order valence-electron chi connectivity index (χ4n) is 1.92. The van der Waals surface area contributed by atoms with Crippen LogP contribution in [0.2, 0.25) is 0 Å². The number of carboxylic acid groups (broad SMARTS) is 2. The summed E-state index contributed by atoms with van der Waals surface area (Å²) < 4.78 is 0. The molecule has 0 fully saturated rings. The van der Waals surface area contributed by atoms with Crippen LogP contribution in [0.5, 0.6) is 0 Å². The predicted octanol–water partition coefficient (Wildman–Crippen LogP) is -2.07. The van der Waals surface area contributed by atoms with Gasteiger partial charge in [0.1, 0.15) is 12.1 Å². The standard InChI is InChI=1S/C15H26N4O7S/c1-7(2)12(15(25)26)19-14(24)9(6-27)18-10(20)5-17-13(23)8(16)3-4-11(21)22/h7-9,12,27H,3-6,16H2,1-2H3,(H,17,23)(H,18,20)(H,19,24)(H,21,22)(H,25,26). The van der Waals surface area contributed by atoms with Gasteiger partial charge in [0.25, 0.3) is 0 Å². The maximum absolute atomic E-state index is 12.1. The van der Waals surface area contributed by atoms with E-state index in [1.807, 2.05) is 0 Å². The van der Waals surface area contributed by atoms with E-state index in [1.54, 1.807) is 13.8 Å². The molecule has 0 aliphatic rings. The zero-order valence-electron chi connectivity index (χ0n) is 15.1. The largest absolute Gasteiger partial charge is 0.481 e. The maximum Gasteiger partial charge on any atom is 0.326 e. The molecule has 0 radical (unpaired) electrons. The molecule has 3 unspecified atom stereocenters. The van der Waals surface area contributed by atoms with Crippen molar-refractivity contribution in [3.8, 4) is 0 Å². The van der Waals surface area contributed by atoms with E-state index in [-0.39, 0.29) is 24.5 Å². The summed E-state index contributed by atoms with van der Waals surface area (Å²) in [4.78, 5) is 57.2. The first kappa shape index (κ1) is 24.7. The van der Waals surface area contributed by atoms with Crippen LogP contribution in [-0.4, -0.2) is 70.3 Å². The van der Waals surface area contributed by atoms with E-state index < -0.39 is 54.3 Å².